The first-order valence-electron chi connectivity index (χ1n) is 9.25. The average Bonchev–Trinajstić information content (AvgIpc) is 3.25. The lowest BCUT2D eigenvalue weighted by atomic mass is 9.87. The standard InChI is InChI=1S/C19H24N2O5/c1-21-16-14(11-26-21)9-23-17-15-13(10-25-20-15)8-24-19(17)18(16)22-7-12-5-3-2-4-6-12/h2-6,13-14,16-19H,7-11H2,1H3/t13-,14+,16+,17-,18+,19+/m1/s1. The van der Waals surface area contributed by atoms with Crippen LogP contribution in [0.15, 0.2) is 35.5 Å². The van der Waals surface area contributed by atoms with E-state index < -0.39 is 0 Å². The summed E-state index contributed by atoms with van der Waals surface area (Å²) in [5.74, 6) is 0.439. The molecule has 0 N–H and O–H groups in total. The van der Waals surface area contributed by atoms with Crippen LogP contribution >= 0.6 is 0 Å². The van der Waals surface area contributed by atoms with Gasteiger partial charge in [-0.2, -0.15) is 5.06 Å². The van der Waals surface area contributed by atoms with Crippen LogP contribution in [0.5, 0.6) is 0 Å². The first-order chi connectivity index (χ1) is 12.8. The molecule has 4 aliphatic rings. The molecule has 0 amide bonds. The maximum absolute atomic E-state index is 6.43. The molecule has 3 saturated heterocycles. The van der Waals surface area contributed by atoms with E-state index in [1.165, 1.54) is 0 Å². The fraction of sp³-hybridized carbons (Fsp3) is 0.632. The summed E-state index contributed by atoms with van der Waals surface area (Å²) in [6.45, 7) is 2.94. The Hall–Kier alpha value is -1.51. The van der Waals surface area contributed by atoms with E-state index in [-0.39, 0.29) is 36.2 Å². The van der Waals surface area contributed by atoms with Gasteiger partial charge in [-0.1, -0.05) is 35.5 Å². The van der Waals surface area contributed by atoms with Crippen LogP contribution in [0, 0.1) is 11.8 Å². The largest absolute Gasteiger partial charge is 0.395 e. The van der Waals surface area contributed by atoms with Gasteiger partial charge in [0, 0.05) is 13.0 Å². The lowest BCUT2D eigenvalue weighted by Crippen LogP contribution is -2.57. The third-order valence-electron chi connectivity index (χ3n) is 5.77. The van der Waals surface area contributed by atoms with Crippen LogP contribution in [0.3, 0.4) is 0 Å². The van der Waals surface area contributed by atoms with Gasteiger partial charge in [-0.25, -0.2) is 0 Å². The fourth-order valence-corrected chi connectivity index (χ4v) is 4.41. The number of ether oxygens (including phenoxy) is 3. The quantitative estimate of drug-likeness (QED) is 0.808. The molecule has 4 heterocycles. The Morgan fingerprint density at radius 2 is 2.00 bits per heavy atom. The van der Waals surface area contributed by atoms with Gasteiger partial charge >= 0.3 is 0 Å². The van der Waals surface area contributed by atoms with Crippen molar-refractivity contribution in [3.8, 4) is 0 Å². The van der Waals surface area contributed by atoms with Crippen molar-refractivity contribution in [3.05, 3.63) is 35.9 Å². The highest BCUT2D eigenvalue weighted by Crippen LogP contribution is 2.37. The van der Waals surface area contributed by atoms with Crippen LogP contribution in [0.4, 0.5) is 0 Å². The van der Waals surface area contributed by atoms with Crippen molar-refractivity contribution in [2.75, 3.05) is 33.5 Å². The highest BCUT2D eigenvalue weighted by Gasteiger charge is 2.54. The molecule has 6 atom stereocenters. The number of rotatable bonds is 3. The van der Waals surface area contributed by atoms with E-state index in [2.05, 4.69) is 17.3 Å². The molecule has 0 aliphatic carbocycles. The number of fused-ring (bicyclic) bond motifs is 4. The predicted octanol–water partition coefficient (Wildman–Crippen LogP) is 1.23. The third-order valence-corrected chi connectivity index (χ3v) is 5.77. The lowest BCUT2D eigenvalue weighted by molar-refractivity contribution is -0.183. The average molecular weight is 360 g/mol. The van der Waals surface area contributed by atoms with E-state index in [4.69, 9.17) is 23.9 Å². The molecular weight excluding hydrogens is 336 g/mol. The maximum Gasteiger partial charge on any atom is 0.128 e. The van der Waals surface area contributed by atoms with Gasteiger partial charge in [0.1, 0.15) is 24.9 Å². The molecule has 0 spiro atoms. The minimum Gasteiger partial charge on any atom is -0.395 e. The molecule has 0 unspecified atom stereocenters. The van der Waals surface area contributed by atoms with Crippen molar-refractivity contribution in [1.29, 1.82) is 0 Å². The van der Waals surface area contributed by atoms with Crippen LogP contribution in [-0.4, -0.2) is 68.6 Å². The Morgan fingerprint density at radius 3 is 2.88 bits per heavy atom. The Morgan fingerprint density at radius 1 is 1.12 bits per heavy atom. The molecule has 1 aromatic carbocycles. The highest BCUT2D eigenvalue weighted by molar-refractivity contribution is 5.93. The molecule has 5 rings (SSSR count). The first kappa shape index (κ1) is 16.6. The van der Waals surface area contributed by atoms with Crippen molar-refractivity contribution < 1.29 is 23.9 Å². The van der Waals surface area contributed by atoms with E-state index in [1.807, 2.05) is 30.3 Å². The van der Waals surface area contributed by atoms with E-state index in [0.29, 0.717) is 33.0 Å². The number of hydrogen-bond donors (Lipinski definition) is 0. The summed E-state index contributed by atoms with van der Waals surface area (Å²) in [7, 11) is 1.96. The van der Waals surface area contributed by atoms with Crippen molar-refractivity contribution in [3.63, 3.8) is 0 Å². The topological polar surface area (TPSA) is 61.8 Å². The summed E-state index contributed by atoms with van der Waals surface area (Å²) in [6.07, 6.45) is -0.588. The minimum atomic E-state index is -0.213. The normalized spacial score (nSPS) is 39.3. The lowest BCUT2D eigenvalue weighted by Gasteiger charge is -2.39. The van der Waals surface area contributed by atoms with E-state index >= 15 is 0 Å². The summed E-state index contributed by atoms with van der Waals surface area (Å²) >= 11 is 0. The predicted molar refractivity (Wildman–Crippen MR) is 92.4 cm³/mol. The summed E-state index contributed by atoms with van der Waals surface area (Å²) < 4.78 is 18.9. The van der Waals surface area contributed by atoms with Crippen molar-refractivity contribution in [2.45, 2.75) is 31.0 Å². The molecule has 140 valence electrons. The summed E-state index contributed by atoms with van der Waals surface area (Å²) in [5, 5.41) is 6.17. The van der Waals surface area contributed by atoms with Gasteiger partial charge in [0.15, 0.2) is 0 Å². The number of hydrogen-bond acceptors (Lipinski definition) is 7. The molecule has 26 heavy (non-hydrogen) atoms. The minimum absolute atomic E-state index is 0.0909. The van der Waals surface area contributed by atoms with E-state index in [0.717, 1.165) is 11.3 Å². The van der Waals surface area contributed by atoms with Gasteiger partial charge in [-0.15, -0.1) is 0 Å². The summed E-state index contributed by atoms with van der Waals surface area (Å²) in [5.41, 5.74) is 2.11. The van der Waals surface area contributed by atoms with Gasteiger partial charge in [0.25, 0.3) is 0 Å². The Balaban J connectivity index is 1.43. The van der Waals surface area contributed by atoms with Crippen molar-refractivity contribution in [2.24, 2.45) is 17.0 Å². The molecular formula is C19H24N2O5. The molecule has 7 heteroatoms. The third kappa shape index (κ3) is 2.84. The Kier molecular flexibility index (Phi) is 4.42. The second-order valence-corrected chi connectivity index (χ2v) is 7.41. The van der Waals surface area contributed by atoms with Crippen LogP contribution < -0.4 is 0 Å². The summed E-state index contributed by atoms with van der Waals surface area (Å²) in [4.78, 5) is 11.1. The van der Waals surface area contributed by atoms with Crippen LogP contribution in [0.1, 0.15) is 5.56 Å². The second-order valence-electron chi connectivity index (χ2n) is 7.41. The molecule has 0 saturated carbocycles. The monoisotopic (exact) mass is 360 g/mol. The number of hydroxylamine groups is 2. The zero-order valence-corrected chi connectivity index (χ0v) is 14.8. The molecule has 1 aromatic rings. The Labute approximate surface area is 152 Å². The number of oxime groups is 1. The maximum atomic E-state index is 6.43. The first-order valence-corrected chi connectivity index (χ1v) is 9.25. The Bertz CT molecular complexity index is 669. The fourth-order valence-electron chi connectivity index (χ4n) is 4.41. The molecule has 0 radical (unpaired) electrons. The second kappa shape index (κ2) is 6.90. The molecule has 4 aliphatic heterocycles. The van der Waals surface area contributed by atoms with Gasteiger partial charge in [0.05, 0.1) is 44.1 Å². The number of nitrogens with zero attached hydrogens (tertiary/aromatic N) is 2. The zero-order valence-electron chi connectivity index (χ0n) is 14.8. The van der Waals surface area contributed by atoms with Crippen molar-refractivity contribution in [1.82, 2.24) is 5.06 Å². The SMILES string of the molecule is CN1OC[C@@H]2CO[C@@H]3C4=NOC[C@H]4CO[C@@H]3[C@@H](OCc3ccccc3)[C@H]21. The van der Waals surface area contributed by atoms with Gasteiger partial charge < -0.3 is 19.0 Å². The van der Waals surface area contributed by atoms with Crippen molar-refractivity contribution >= 4 is 5.71 Å². The smallest absolute Gasteiger partial charge is 0.128 e. The molecule has 7 nitrogen and oxygen atoms in total. The molecule has 3 fully saturated rings. The zero-order chi connectivity index (χ0) is 17.5. The number of likely N-dealkylation sites (N-methyl/N-ethyl adjacent to an activating group) is 1. The van der Waals surface area contributed by atoms with E-state index in [9.17, 15) is 0 Å². The van der Waals surface area contributed by atoms with E-state index in [1.54, 1.807) is 0 Å². The van der Waals surface area contributed by atoms with Crippen LogP contribution in [0.25, 0.3) is 0 Å². The highest BCUT2D eigenvalue weighted by atomic mass is 16.7. The van der Waals surface area contributed by atoms with Crippen LogP contribution in [-0.2, 0) is 30.5 Å². The number of benzene rings is 1. The van der Waals surface area contributed by atoms with Gasteiger partial charge in [-0.3, -0.25) is 4.84 Å². The molecule has 0 aromatic heterocycles. The van der Waals surface area contributed by atoms with Gasteiger partial charge in [0.2, 0.25) is 0 Å². The van der Waals surface area contributed by atoms with Crippen LogP contribution in [0.2, 0.25) is 0 Å². The molecule has 0 bridgehead atoms. The summed E-state index contributed by atoms with van der Waals surface area (Å²) in [6, 6.07) is 10.3. The van der Waals surface area contributed by atoms with Gasteiger partial charge in [-0.05, 0) is 5.56 Å².